The molecule has 2 bridgehead atoms. The summed E-state index contributed by atoms with van der Waals surface area (Å²) in [5.74, 6) is -2.04. The molecule has 29 heavy (non-hydrogen) atoms. The number of aliphatic hydroxyl groups excluding tert-OH is 1. The third kappa shape index (κ3) is 3.48. The Bertz CT molecular complexity index is 741. The van der Waals surface area contributed by atoms with Gasteiger partial charge in [0.25, 0.3) is 0 Å². The van der Waals surface area contributed by atoms with E-state index in [0.29, 0.717) is 32.5 Å². The Hall–Kier alpha value is -1.55. The topological polar surface area (TPSA) is 104 Å². The lowest BCUT2D eigenvalue weighted by Crippen LogP contribution is -2.65. The van der Waals surface area contributed by atoms with Gasteiger partial charge in [-0.25, -0.2) is 0 Å². The summed E-state index contributed by atoms with van der Waals surface area (Å²) in [6.07, 6.45) is -1.42. The molecule has 2 N–H and O–H groups in total. The summed E-state index contributed by atoms with van der Waals surface area (Å²) in [6.45, 7) is 0.846. The molecule has 4 saturated heterocycles. The van der Waals surface area contributed by atoms with E-state index in [9.17, 15) is 9.90 Å². The van der Waals surface area contributed by atoms with Crippen molar-refractivity contribution in [3.8, 4) is 0 Å². The molecule has 5 rings (SSSR count). The Kier molecular flexibility index (Phi) is 5.09. The summed E-state index contributed by atoms with van der Waals surface area (Å²) in [5.41, 5.74) is 1.08. The van der Waals surface area contributed by atoms with Gasteiger partial charge in [-0.15, -0.1) is 0 Å². The van der Waals surface area contributed by atoms with Crippen molar-refractivity contribution in [1.29, 1.82) is 0 Å². The quantitative estimate of drug-likeness (QED) is 0.652. The van der Waals surface area contributed by atoms with Crippen molar-refractivity contribution in [2.24, 2.45) is 0 Å². The van der Waals surface area contributed by atoms with Gasteiger partial charge in [0.2, 0.25) is 0 Å². The molecule has 0 saturated carbocycles. The highest BCUT2D eigenvalue weighted by molar-refractivity contribution is 5.67. The highest BCUT2D eigenvalue weighted by Crippen LogP contribution is 2.52. The molecule has 4 aliphatic heterocycles. The molecule has 8 heteroatoms. The number of carboxylic acids is 1. The number of hydrogen-bond acceptors (Lipinski definition) is 7. The van der Waals surface area contributed by atoms with Gasteiger partial charge in [-0.1, -0.05) is 30.3 Å². The normalized spacial score (nSPS) is 42.6. The minimum atomic E-state index is -1.16. The average molecular weight is 406 g/mol. The first kappa shape index (κ1) is 19.4. The van der Waals surface area contributed by atoms with Crippen molar-refractivity contribution in [2.75, 3.05) is 6.61 Å². The van der Waals surface area contributed by atoms with Gasteiger partial charge < -0.3 is 33.9 Å². The van der Waals surface area contributed by atoms with Crippen molar-refractivity contribution >= 4 is 5.97 Å². The van der Waals surface area contributed by atoms with Crippen molar-refractivity contribution in [3.63, 3.8) is 0 Å². The predicted molar refractivity (Wildman–Crippen MR) is 98.0 cm³/mol. The van der Waals surface area contributed by atoms with Gasteiger partial charge in [0, 0.05) is 6.42 Å². The lowest BCUT2D eigenvalue weighted by Gasteiger charge is -2.49. The minimum Gasteiger partial charge on any atom is -0.481 e. The highest BCUT2D eigenvalue weighted by atomic mass is 16.8. The first-order valence-electron chi connectivity index (χ1n) is 10.2. The summed E-state index contributed by atoms with van der Waals surface area (Å²) >= 11 is 0. The summed E-state index contributed by atoms with van der Waals surface area (Å²) in [4.78, 5) is 11.0. The van der Waals surface area contributed by atoms with Gasteiger partial charge in [-0.2, -0.15) is 0 Å². The van der Waals surface area contributed by atoms with E-state index in [0.717, 1.165) is 5.56 Å². The van der Waals surface area contributed by atoms with Gasteiger partial charge in [-0.3, -0.25) is 4.79 Å². The third-order valence-electron chi connectivity index (χ3n) is 6.33. The van der Waals surface area contributed by atoms with E-state index in [1.165, 1.54) is 0 Å². The number of carbonyl (C=O) groups is 1. The van der Waals surface area contributed by atoms with Crippen LogP contribution in [0.4, 0.5) is 0 Å². The van der Waals surface area contributed by atoms with Crippen LogP contribution >= 0.6 is 0 Å². The molecule has 4 fully saturated rings. The lowest BCUT2D eigenvalue weighted by atomic mass is 9.85. The predicted octanol–water partition coefficient (Wildman–Crippen LogP) is 1.24. The van der Waals surface area contributed by atoms with E-state index in [4.69, 9.17) is 28.8 Å². The Morgan fingerprint density at radius 3 is 2.59 bits per heavy atom. The van der Waals surface area contributed by atoms with Crippen molar-refractivity contribution < 1.29 is 38.7 Å². The van der Waals surface area contributed by atoms with Crippen LogP contribution in [0.5, 0.6) is 0 Å². The number of rotatable bonds is 7. The Morgan fingerprint density at radius 1 is 1.07 bits per heavy atom. The maximum atomic E-state index is 11.0. The smallest absolute Gasteiger partial charge is 0.305 e. The molecule has 0 spiro atoms. The van der Waals surface area contributed by atoms with Crippen LogP contribution in [0, 0.1) is 0 Å². The summed E-state index contributed by atoms with van der Waals surface area (Å²) in [6, 6.07) is 9.87. The van der Waals surface area contributed by atoms with Crippen LogP contribution in [0.25, 0.3) is 0 Å². The second kappa shape index (κ2) is 7.61. The van der Waals surface area contributed by atoms with Crippen LogP contribution in [0.15, 0.2) is 30.3 Å². The number of ether oxygens (including phenoxy) is 5. The Morgan fingerprint density at radius 2 is 1.83 bits per heavy atom. The molecular weight excluding hydrogens is 380 g/mol. The summed E-state index contributed by atoms with van der Waals surface area (Å²) < 4.78 is 30.2. The number of carboxylic acid groups (broad SMARTS) is 1. The number of aliphatic carboxylic acids is 1. The fraction of sp³-hybridized carbons (Fsp3) is 0.667. The zero-order valence-corrected chi connectivity index (χ0v) is 16.0. The highest BCUT2D eigenvalue weighted by Gasteiger charge is 2.70. The van der Waals surface area contributed by atoms with E-state index in [1.54, 1.807) is 0 Å². The molecule has 8 atom stereocenters. The van der Waals surface area contributed by atoms with E-state index >= 15 is 0 Å². The molecule has 4 heterocycles. The maximum Gasteiger partial charge on any atom is 0.305 e. The zero-order valence-electron chi connectivity index (χ0n) is 16.0. The second-order valence-electron chi connectivity index (χ2n) is 8.25. The average Bonchev–Trinajstić information content (AvgIpc) is 3.23. The largest absolute Gasteiger partial charge is 0.481 e. The van der Waals surface area contributed by atoms with Crippen molar-refractivity contribution in [2.45, 2.75) is 80.8 Å². The third-order valence-corrected chi connectivity index (χ3v) is 6.33. The van der Waals surface area contributed by atoms with Gasteiger partial charge >= 0.3 is 5.97 Å². The zero-order chi connectivity index (χ0) is 20.0. The first-order chi connectivity index (χ1) is 14.1. The molecule has 0 aliphatic carbocycles. The summed E-state index contributed by atoms with van der Waals surface area (Å²) in [7, 11) is 0. The SMILES string of the molecule is O=C(O)C[C@H]1CC[C@@H]2O[C@@H]3[C@H]4O[C@](CCOCc5ccccc5)(O[C@H]4[C@H]2O1)[C@@H]3O. The maximum absolute atomic E-state index is 11.0. The van der Waals surface area contributed by atoms with E-state index < -0.39 is 30.1 Å². The van der Waals surface area contributed by atoms with E-state index in [-0.39, 0.29) is 30.8 Å². The molecule has 0 radical (unpaired) electrons. The fourth-order valence-electron chi connectivity index (χ4n) is 4.97. The number of aliphatic hydroxyl groups is 1. The molecule has 0 amide bonds. The Balaban J connectivity index is 1.22. The fourth-order valence-corrected chi connectivity index (χ4v) is 4.97. The molecular formula is C21H26O8. The number of benzene rings is 1. The van der Waals surface area contributed by atoms with Crippen LogP contribution in [0.2, 0.25) is 0 Å². The first-order valence-corrected chi connectivity index (χ1v) is 10.2. The van der Waals surface area contributed by atoms with Crippen LogP contribution in [0.3, 0.4) is 0 Å². The van der Waals surface area contributed by atoms with E-state index in [1.807, 2.05) is 30.3 Å². The lowest BCUT2D eigenvalue weighted by molar-refractivity contribution is -0.300. The number of fused-ring (bicyclic) bond motifs is 3. The van der Waals surface area contributed by atoms with Gasteiger partial charge in [-0.05, 0) is 18.4 Å². The Labute approximate surface area is 168 Å². The van der Waals surface area contributed by atoms with Crippen LogP contribution in [-0.4, -0.2) is 71.3 Å². The summed E-state index contributed by atoms with van der Waals surface area (Å²) in [5, 5.41) is 19.9. The van der Waals surface area contributed by atoms with Crippen LogP contribution in [0.1, 0.15) is 31.2 Å². The minimum absolute atomic E-state index is 0.0357. The van der Waals surface area contributed by atoms with Crippen LogP contribution in [-0.2, 0) is 35.1 Å². The molecule has 0 aromatic heterocycles. The van der Waals surface area contributed by atoms with Gasteiger partial charge in [0.1, 0.15) is 30.5 Å². The number of hydrogen-bond donors (Lipinski definition) is 2. The van der Waals surface area contributed by atoms with Gasteiger partial charge in [0.15, 0.2) is 5.79 Å². The molecule has 1 aromatic carbocycles. The van der Waals surface area contributed by atoms with Gasteiger partial charge in [0.05, 0.1) is 31.8 Å². The van der Waals surface area contributed by atoms with Crippen molar-refractivity contribution in [3.05, 3.63) is 35.9 Å². The van der Waals surface area contributed by atoms with Crippen molar-refractivity contribution in [1.82, 2.24) is 0 Å². The molecule has 158 valence electrons. The second-order valence-corrected chi connectivity index (χ2v) is 8.25. The molecule has 8 nitrogen and oxygen atoms in total. The standard InChI is InChI=1S/C21H26O8/c22-15(23)10-13-6-7-14-16(26-13)17-18-19(27-14)20(24)21(28-17,29-18)8-9-25-11-12-4-2-1-3-5-12/h1-5,13-14,16-20,24H,6-11H2,(H,22,23)/t13-,14+,16+,17+,18+,19-,20-,21+/m1/s1. The molecule has 1 aromatic rings. The molecule has 4 aliphatic rings. The van der Waals surface area contributed by atoms with E-state index in [2.05, 4.69) is 0 Å². The van der Waals surface area contributed by atoms with Crippen LogP contribution < -0.4 is 0 Å². The monoisotopic (exact) mass is 406 g/mol. The molecule has 0 unspecified atom stereocenters.